The molecule has 1 atom stereocenters. The van der Waals surface area contributed by atoms with E-state index in [2.05, 4.69) is 56.7 Å². The van der Waals surface area contributed by atoms with Crippen LogP contribution in [-0.4, -0.2) is 6.04 Å². The summed E-state index contributed by atoms with van der Waals surface area (Å²) < 4.78 is 2.27. The molecule has 4 heteroatoms. The average molecular weight is 325 g/mol. The van der Waals surface area contributed by atoms with Crippen LogP contribution in [0.25, 0.3) is 0 Å². The summed E-state index contributed by atoms with van der Waals surface area (Å²) in [6, 6.07) is 2.48. The summed E-state index contributed by atoms with van der Waals surface area (Å²) >= 11 is 8.66. The van der Waals surface area contributed by atoms with Crippen molar-refractivity contribution in [2.45, 2.75) is 19.5 Å². The first-order valence-electron chi connectivity index (χ1n) is 3.93. The molecule has 1 N–H and O–H groups in total. The summed E-state index contributed by atoms with van der Waals surface area (Å²) in [4.78, 5) is 1.31. The van der Waals surface area contributed by atoms with Gasteiger partial charge in [0.2, 0.25) is 0 Å². The fraction of sp³-hybridized carbons (Fsp3) is 0.333. The molecule has 72 valence electrons. The topological polar surface area (TPSA) is 12.0 Å². The zero-order valence-electron chi connectivity index (χ0n) is 7.31. The van der Waals surface area contributed by atoms with Crippen LogP contribution in [0.5, 0.6) is 0 Å². The van der Waals surface area contributed by atoms with E-state index in [1.807, 2.05) is 6.08 Å². The largest absolute Gasteiger partial charge is 0.306 e. The summed E-state index contributed by atoms with van der Waals surface area (Å²) in [6.45, 7) is 6.70. The maximum absolute atomic E-state index is 3.72. The number of thiophene rings is 1. The SMILES string of the molecule is C=CC(C)NCc1cc(Br)c(Br)s1. The van der Waals surface area contributed by atoms with E-state index in [0.717, 1.165) is 14.8 Å². The van der Waals surface area contributed by atoms with E-state index in [1.165, 1.54) is 4.88 Å². The second kappa shape index (κ2) is 5.29. The van der Waals surface area contributed by atoms with Gasteiger partial charge in [-0.05, 0) is 44.8 Å². The summed E-state index contributed by atoms with van der Waals surface area (Å²) in [6.07, 6.45) is 1.90. The summed E-state index contributed by atoms with van der Waals surface area (Å²) in [5.41, 5.74) is 0. The van der Waals surface area contributed by atoms with Crippen molar-refractivity contribution >= 4 is 43.2 Å². The van der Waals surface area contributed by atoms with Crippen LogP contribution in [0, 0.1) is 0 Å². The zero-order chi connectivity index (χ0) is 9.84. The lowest BCUT2D eigenvalue weighted by atomic mass is 10.3. The highest BCUT2D eigenvalue weighted by atomic mass is 79.9. The minimum Gasteiger partial charge on any atom is -0.306 e. The van der Waals surface area contributed by atoms with Crippen LogP contribution in [0.4, 0.5) is 0 Å². The summed E-state index contributed by atoms with van der Waals surface area (Å²) in [7, 11) is 0. The Labute approximate surface area is 99.5 Å². The molecule has 0 saturated carbocycles. The molecular weight excluding hydrogens is 314 g/mol. The Morgan fingerprint density at radius 2 is 2.38 bits per heavy atom. The fourth-order valence-electron chi connectivity index (χ4n) is 0.823. The normalized spacial score (nSPS) is 12.8. The predicted molar refractivity (Wildman–Crippen MR) is 66.2 cm³/mol. The molecule has 0 aliphatic rings. The Morgan fingerprint density at radius 3 is 2.85 bits per heavy atom. The molecule has 1 aromatic rings. The van der Waals surface area contributed by atoms with Crippen molar-refractivity contribution in [3.05, 3.63) is 31.9 Å². The van der Waals surface area contributed by atoms with E-state index in [-0.39, 0.29) is 0 Å². The van der Waals surface area contributed by atoms with Crippen LogP contribution in [0.15, 0.2) is 27.0 Å². The molecule has 0 saturated heterocycles. The number of nitrogens with one attached hydrogen (secondary N) is 1. The number of halogens is 2. The van der Waals surface area contributed by atoms with E-state index in [9.17, 15) is 0 Å². The van der Waals surface area contributed by atoms with Gasteiger partial charge in [-0.25, -0.2) is 0 Å². The molecule has 1 heterocycles. The van der Waals surface area contributed by atoms with Crippen LogP contribution < -0.4 is 5.32 Å². The Hall–Kier alpha value is 0.360. The van der Waals surface area contributed by atoms with Gasteiger partial charge in [0.15, 0.2) is 0 Å². The van der Waals surface area contributed by atoms with Gasteiger partial charge < -0.3 is 5.32 Å². The van der Waals surface area contributed by atoms with Gasteiger partial charge in [0.05, 0.1) is 3.79 Å². The first-order valence-corrected chi connectivity index (χ1v) is 6.33. The van der Waals surface area contributed by atoms with Crippen molar-refractivity contribution < 1.29 is 0 Å². The second-order valence-electron chi connectivity index (χ2n) is 2.74. The van der Waals surface area contributed by atoms with Gasteiger partial charge in [0.25, 0.3) is 0 Å². The zero-order valence-corrected chi connectivity index (χ0v) is 11.3. The molecule has 1 unspecified atom stereocenters. The minimum absolute atomic E-state index is 0.361. The first kappa shape index (κ1) is 11.4. The number of hydrogen-bond acceptors (Lipinski definition) is 2. The standard InChI is InChI=1S/C9H11Br2NS/c1-3-6(2)12-5-7-4-8(10)9(11)13-7/h3-4,6,12H,1,5H2,2H3. The van der Waals surface area contributed by atoms with Gasteiger partial charge in [-0.2, -0.15) is 0 Å². The van der Waals surface area contributed by atoms with Gasteiger partial charge in [-0.15, -0.1) is 17.9 Å². The van der Waals surface area contributed by atoms with Crippen LogP contribution in [0.2, 0.25) is 0 Å². The van der Waals surface area contributed by atoms with Crippen molar-refractivity contribution in [3.8, 4) is 0 Å². The van der Waals surface area contributed by atoms with Crippen LogP contribution in [0.1, 0.15) is 11.8 Å². The third-order valence-corrected chi connectivity index (χ3v) is 4.90. The van der Waals surface area contributed by atoms with E-state index >= 15 is 0 Å². The predicted octanol–water partition coefficient (Wildman–Crippen LogP) is 3.94. The third kappa shape index (κ3) is 3.54. The van der Waals surface area contributed by atoms with Crippen molar-refractivity contribution in [3.63, 3.8) is 0 Å². The van der Waals surface area contributed by atoms with Crippen LogP contribution in [-0.2, 0) is 6.54 Å². The lowest BCUT2D eigenvalue weighted by Gasteiger charge is -2.06. The summed E-state index contributed by atoms with van der Waals surface area (Å²) in [5, 5.41) is 3.34. The molecular formula is C9H11Br2NS. The smallest absolute Gasteiger partial charge is 0.0843 e. The average Bonchev–Trinajstić information content (AvgIpc) is 2.42. The highest BCUT2D eigenvalue weighted by Crippen LogP contribution is 2.32. The minimum atomic E-state index is 0.361. The maximum atomic E-state index is 3.72. The Balaban J connectivity index is 2.50. The molecule has 0 fully saturated rings. The molecule has 0 aromatic carbocycles. The van der Waals surface area contributed by atoms with Crippen molar-refractivity contribution in [2.75, 3.05) is 0 Å². The Morgan fingerprint density at radius 1 is 1.69 bits per heavy atom. The first-order chi connectivity index (χ1) is 6.13. The molecule has 1 rings (SSSR count). The molecule has 0 amide bonds. The van der Waals surface area contributed by atoms with Crippen molar-refractivity contribution in [1.82, 2.24) is 5.32 Å². The maximum Gasteiger partial charge on any atom is 0.0843 e. The number of hydrogen-bond donors (Lipinski definition) is 1. The lowest BCUT2D eigenvalue weighted by molar-refractivity contribution is 0.640. The molecule has 0 spiro atoms. The monoisotopic (exact) mass is 323 g/mol. The van der Waals surface area contributed by atoms with E-state index in [0.29, 0.717) is 6.04 Å². The molecule has 0 aliphatic carbocycles. The molecule has 0 bridgehead atoms. The quantitative estimate of drug-likeness (QED) is 0.827. The molecule has 13 heavy (non-hydrogen) atoms. The van der Waals surface area contributed by atoms with Crippen molar-refractivity contribution in [2.24, 2.45) is 0 Å². The highest BCUT2D eigenvalue weighted by molar-refractivity contribution is 9.13. The molecule has 0 radical (unpaired) electrons. The van der Waals surface area contributed by atoms with E-state index in [1.54, 1.807) is 11.3 Å². The van der Waals surface area contributed by atoms with Crippen molar-refractivity contribution in [1.29, 1.82) is 0 Å². The van der Waals surface area contributed by atoms with Crippen LogP contribution >= 0.6 is 43.2 Å². The Bertz CT molecular complexity index is 276. The lowest BCUT2D eigenvalue weighted by Crippen LogP contribution is -2.22. The second-order valence-corrected chi connectivity index (χ2v) is 6.05. The fourth-order valence-corrected chi connectivity index (χ4v) is 2.95. The van der Waals surface area contributed by atoms with Gasteiger partial charge in [0.1, 0.15) is 0 Å². The number of rotatable bonds is 4. The van der Waals surface area contributed by atoms with Gasteiger partial charge in [-0.1, -0.05) is 6.08 Å². The highest BCUT2D eigenvalue weighted by Gasteiger charge is 2.04. The van der Waals surface area contributed by atoms with Gasteiger partial charge in [-0.3, -0.25) is 0 Å². The van der Waals surface area contributed by atoms with E-state index < -0.39 is 0 Å². The van der Waals surface area contributed by atoms with Gasteiger partial charge >= 0.3 is 0 Å². The summed E-state index contributed by atoms with van der Waals surface area (Å²) in [5.74, 6) is 0. The molecule has 1 aromatic heterocycles. The molecule has 1 nitrogen and oxygen atoms in total. The molecule has 0 aliphatic heterocycles. The van der Waals surface area contributed by atoms with Gasteiger partial charge in [0, 0.05) is 21.9 Å². The van der Waals surface area contributed by atoms with Crippen LogP contribution in [0.3, 0.4) is 0 Å². The van der Waals surface area contributed by atoms with E-state index in [4.69, 9.17) is 0 Å². The Kier molecular flexibility index (Phi) is 4.66. The third-order valence-electron chi connectivity index (χ3n) is 1.65.